The monoisotopic (exact) mass is 190 g/mol. The van der Waals surface area contributed by atoms with E-state index >= 15 is 0 Å². The Bertz CT molecular complexity index is 316. The lowest BCUT2D eigenvalue weighted by Crippen LogP contribution is -2.45. The highest BCUT2D eigenvalue weighted by molar-refractivity contribution is 5.52. The van der Waals surface area contributed by atoms with Crippen LogP contribution in [0.3, 0.4) is 0 Å². The van der Waals surface area contributed by atoms with Crippen molar-refractivity contribution in [3.05, 3.63) is 29.3 Å². The molecule has 76 valence electrons. The van der Waals surface area contributed by atoms with Gasteiger partial charge in [0.15, 0.2) is 0 Å². The predicted octanol–water partition coefficient (Wildman–Crippen LogP) is 1.93. The quantitative estimate of drug-likeness (QED) is 0.761. The van der Waals surface area contributed by atoms with E-state index in [1.54, 1.807) is 0 Å². The van der Waals surface area contributed by atoms with Crippen LogP contribution in [0.5, 0.6) is 0 Å². The highest BCUT2D eigenvalue weighted by atomic mass is 15.0. The first-order chi connectivity index (χ1) is 6.75. The van der Waals surface area contributed by atoms with Crippen LogP contribution in [0.15, 0.2) is 18.2 Å². The number of anilines is 1. The number of hydrogen-bond donors (Lipinski definition) is 2. The van der Waals surface area contributed by atoms with Crippen LogP contribution in [-0.4, -0.2) is 19.6 Å². The minimum Gasteiger partial charge on any atom is -0.384 e. The fourth-order valence-electron chi connectivity index (χ4n) is 1.67. The van der Waals surface area contributed by atoms with Crippen molar-refractivity contribution in [3.8, 4) is 0 Å². The van der Waals surface area contributed by atoms with E-state index in [0.717, 1.165) is 25.6 Å². The number of hydrogen-bond acceptors (Lipinski definition) is 2. The fraction of sp³-hybridized carbons (Fsp3) is 0.500. The molecule has 1 fully saturated rings. The summed E-state index contributed by atoms with van der Waals surface area (Å²) in [4.78, 5) is 0. The van der Waals surface area contributed by atoms with Gasteiger partial charge in [0.2, 0.25) is 0 Å². The summed E-state index contributed by atoms with van der Waals surface area (Å²) in [5, 5.41) is 6.80. The summed E-state index contributed by atoms with van der Waals surface area (Å²) in [6.45, 7) is 7.71. The van der Waals surface area contributed by atoms with Crippen LogP contribution in [0.2, 0.25) is 0 Å². The van der Waals surface area contributed by atoms with E-state index in [-0.39, 0.29) is 0 Å². The fourth-order valence-corrected chi connectivity index (χ4v) is 1.67. The number of nitrogens with one attached hydrogen (secondary N) is 2. The van der Waals surface area contributed by atoms with E-state index in [4.69, 9.17) is 0 Å². The summed E-state index contributed by atoms with van der Waals surface area (Å²) in [7, 11) is 0. The van der Waals surface area contributed by atoms with Gasteiger partial charge < -0.3 is 10.6 Å². The first-order valence-electron chi connectivity index (χ1n) is 5.27. The molecule has 0 saturated carbocycles. The molecular formula is C12H18N2. The lowest BCUT2D eigenvalue weighted by molar-refractivity contribution is 0.365. The molecule has 0 atom stereocenters. The Morgan fingerprint density at radius 3 is 2.79 bits per heavy atom. The zero-order valence-corrected chi connectivity index (χ0v) is 8.93. The Hall–Kier alpha value is -1.02. The van der Waals surface area contributed by atoms with Gasteiger partial charge in [-0.1, -0.05) is 12.1 Å². The third-order valence-electron chi connectivity index (χ3n) is 2.84. The van der Waals surface area contributed by atoms with Gasteiger partial charge in [0.1, 0.15) is 0 Å². The first kappa shape index (κ1) is 9.53. The number of benzene rings is 1. The number of aryl methyl sites for hydroxylation is 2. The molecule has 2 rings (SSSR count). The van der Waals surface area contributed by atoms with Gasteiger partial charge in [-0.25, -0.2) is 0 Å². The molecule has 0 unspecified atom stereocenters. The third-order valence-corrected chi connectivity index (χ3v) is 2.84. The summed E-state index contributed by atoms with van der Waals surface area (Å²) < 4.78 is 0. The largest absolute Gasteiger partial charge is 0.384 e. The smallest absolute Gasteiger partial charge is 0.0372 e. The summed E-state index contributed by atoms with van der Waals surface area (Å²) in [6, 6.07) is 6.56. The summed E-state index contributed by atoms with van der Waals surface area (Å²) in [6.07, 6.45) is 0. The molecular weight excluding hydrogens is 172 g/mol. The normalized spacial score (nSPS) is 16.4. The van der Waals surface area contributed by atoms with E-state index in [9.17, 15) is 0 Å². The summed E-state index contributed by atoms with van der Waals surface area (Å²) in [5.74, 6) is 0.815. The summed E-state index contributed by atoms with van der Waals surface area (Å²) in [5.41, 5.74) is 3.95. The van der Waals surface area contributed by atoms with Gasteiger partial charge in [-0.05, 0) is 31.0 Å². The second-order valence-corrected chi connectivity index (χ2v) is 4.22. The van der Waals surface area contributed by atoms with Crippen LogP contribution in [0.4, 0.5) is 5.69 Å². The van der Waals surface area contributed by atoms with Crippen molar-refractivity contribution in [2.75, 3.05) is 25.0 Å². The lowest BCUT2D eigenvalue weighted by atomic mass is 10.0. The molecule has 0 aromatic heterocycles. The molecule has 0 bridgehead atoms. The van der Waals surface area contributed by atoms with E-state index in [1.807, 2.05) is 0 Å². The standard InChI is InChI=1S/C12H18N2/c1-9-3-4-10(2)12(5-9)14-8-11-6-13-7-11/h3-5,11,13-14H,6-8H2,1-2H3. The zero-order valence-electron chi connectivity index (χ0n) is 8.93. The molecule has 2 heteroatoms. The second kappa shape index (κ2) is 4.01. The average molecular weight is 190 g/mol. The van der Waals surface area contributed by atoms with Crippen LogP contribution < -0.4 is 10.6 Å². The van der Waals surface area contributed by atoms with Crippen LogP contribution in [0.1, 0.15) is 11.1 Å². The van der Waals surface area contributed by atoms with Crippen molar-refractivity contribution in [1.29, 1.82) is 0 Å². The molecule has 0 aliphatic carbocycles. The molecule has 14 heavy (non-hydrogen) atoms. The Kier molecular flexibility index (Phi) is 2.73. The predicted molar refractivity (Wildman–Crippen MR) is 60.8 cm³/mol. The number of rotatable bonds is 3. The van der Waals surface area contributed by atoms with Gasteiger partial charge in [-0.3, -0.25) is 0 Å². The van der Waals surface area contributed by atoms with E-state index < -0.39 is 0 Å². The Balaban J connectivity index is 1.96. The molecule has 1 aromatic carbocycles. The van der Waals surface area contributed by atoms with Crippen molar-refractivity contribution in [2.24, 2.45) is 5.92 Å². The molecule has 1 heterocycles. The van der Waals surface area contributed by atoms with Crippen molar-refractivity contribution in [3.63, 3.8) is 0 Å². The zero-order chi connectivity index (χ0) is 9.97. The SMILES string of the molecule is Cc1ccc(C)c(NCC2CNC2)c1. The van der Waals surface area contributed by atoms with Gasteiger partial charge in [-0.2, -0.15) is 0 Å². The molecule has 2 N–H and O–H groups in total. The first-order valence-corrected chi connectivity index (χ1v) is 5.27. The van der Waals surface area contributed by atoms with Crippen LogP contribution in [0, 0.1) is 19.8 Å². The Morgan fingerprint density at radius 1 is 1.36 bits per heavy atom. The highest BCUT2D eigenvalue weighted by Gasteiger charge is 2.15. The van der Waals surface area contributed by atoms with E-state index in [0.29, 0.717) is 0 Å². The maximum atomic E-state index is 3.52. The topological polar surface area (TPSA) is 24.1 Å². The molecule has 1 aliphatic heterocycles. The van der Waals surface area contributed by atoms with Gasteiger partial charge in [-0.15, -0.1) is 0 Å². The van der Waals surface area contributed by atoms with Crippen molar-refractivity contribution < 1.29 is 0 Å². The molecule has 0 radical (unpaired) electrons. The van der Waals surface area contributed by atoms with Crippen LogP contribution >= 0.6 is 0 Å². The minimum absolute atomic E-state index is 0.815. The Morgan fingerprint density at radius 2 is 2.14 bits per heavy atom. The second-order valence-electron chi connectivity index (χ2n) is 4.22. The van der Waals surface area contributed by atoms with Crippen molar-refractivity contribution >= 4 is 5.69 Å². The molecule has 2 nitrogen and oxygen atoms in total. The van der Waals surface area contributed by atoms with Gasteiger partial charge in [0.25, 0.3) is 0 Å². The van der Waals surface area contributed by atoms with Crippen molar-refractivity contribution in [1.82, 2.24) is 5.32 Å². The minimum atomic E-state index is 0.815. The van der Waals surface area contributed by atoms with Gasteiger partial charge in [0.05, 0.1) is 0 Å². The average Bonchev–Trinajstić information content (AvgIpc) is 2.08. The maximum absolute atomic E-state index is 3.52. The Labute approximate surface area is 85.7 Å². The molecule has 1 saturated heterocycles. The third kappa shape index (κ3) is 2.07. The van der Waals surface area contributed by atoms with Gasteiger partial charge in [0, 0.05) is 31.2 Å². The van der Waals surface area contributed by atoms with E-state index in [1.165, 1.54) is 16.8 Å². The molecule has 1 aromatic rings. The maximum Gasteiger partial charge on any atom is 0.0372 e. The highest BCUT2D eigenvalue weighted by Crippen LogP contribution is 2.17. The molecule has 0 spiro atoms. The molecule has 1 aliphatic rings. The van der Waals surface area contributed by atoms with E-state index in [2.05, 4.69) is 42.7 Å². The molecule has 0 amide bonds. The van der Waals surface area contributed by atoms with Crippen molar-refractivity contribution in [2.45, 2.75) is 13.8 Å². The van der Waals surface area contributed by atoms with Crippen LogP contribution in [0.25, 0.3) is 0 Å². The van der Waals surface area contributed by atoms with Gasteiger partial charge >= 0.3 is 0 Å². The van der Waals surface area contributed by atoms with Crippen LogP contribution in [-0.2, 0) is 0 Å². The lowest BCUT2D eigenvalue weighted by Gasteiger charge is -2.27. The summed E-state index contributed by atoms with van der Waals surface area (Å²) >= 11 is 0.